The first-order valence-corrected chi connectivity index (χ1v) is 9.94. The van der Waals surface area contributed by atoms with Gasteiger partial charge in [0.15, 0.2) is 0 Å². The van der Waals surface area contributed by atoms with Gasteiger partial charge in [-0.05, 0) is 42.9 Å². The number of rotatable bonds is 4. The molecular weight excluding hydrogens is 356 g/mol. The van der Waals surface area contributed by atoms with Crippen LogP contribution >= 0.6 is 0 Å². The van der Waals surface area contributed by atoms with Crippen LogP contribution in [0.4, 0.5) is 0 Å². The largest absolute Gasteiger partial charge is 0.322 e. The second kappa shape index (κ2) is 7.72. The quantitative estimate of drug-likeness (QED) is 0.773. The van der Waals surface area contributed by atoms with Crippen LogP contribution in [0.2, 0.25) is 0 Å². The third-order valence-electron chi connectivity index (χ3n) is 6.04. The summed E-state index contributed by atoms with van der Waals surface area (Å²) in [5.41, 5.74) is 2.65. The minimum atomic E-state index is -0.579. The highest BCUT2D eigenvalue weighted by Gasteiger charge is 2.39. The molecule has 146 valence electrons. The predicted octanol–water partition coefficient (Wildman–Crippen LogP) is 1.62. The summed E-state index contributed by atoms with van der Waals surface area (Å²) in [6.45, 7) is 1.09. The van der Waals surface area contributed by atoms with Crippen LogP contribution in [0.1, 0.15) is 60.0 Å². The van der Waals surface area contributed by atoms with Crippen LogP contribution in [0, 0.1) is 17.2 Å². The Hall–Kier alpha value is -2.72. The van der Waals surface area contributed by atoms with E-state index in [9.17, 15) is 14.4 Å². The van der Waals surface area contributed by atoms with Gasteiger partial charge in [0.1, 0.15) is 6.04 Å². The normalized spacial score (nSPS) is 27.3. The number of nitrogens with one attached hydrogen (secondary N) is 2. The van der Waals surface area contributed by atoms with E-state index in [0.29, 0.717) is 31.1 Å². The fourth-order valence-corrected chi connectivity index (χ4v) is 4.49. The van der Waals surface area contributed by atoms with Gasteiger partial charge in [0, 0.05) is 37.0 Å². The number of carbonyl (C=O) groups is 3. The molecule has 4 rings (SSSR count). The Balaban J connectivity index is 1.40. The van der Waals surface area contributed by atoms with Crippen molar-refractivity contribution in [3.63, 3.8) is 0 Å². The number of amides is 3. The van der Waals surface area contributed by atoms with Gasteiger partial charge in [-0.1, -0.05) is 18.6 Å². The van der Waals surface area contributed by atoms with Crippen LogP contribution in [0.5, 0.6) is 0 Å². The average molecular weight is 380 g/mol. The Morgan fingerprint density at radius 3 is 2.86 bits per heavy atom. The number of carbonyl (C=O) groups excluding carboxylic acids is 3. The topological polar surface area (TPSA) is 102 Å². The molecule has 3 unspecified atom stereocenters. The van der Waals surface area contributed by atoms with E-state index in [-0.39, 0.29) is 30.1 Å². The lowest BCUT2D eigenvalue weighted by atomic mass is 9.86. The highest BCUT2D eigenvalue weighted by atomic mass is 16.2. The molecule has 2 heterocycles. The van der Waals surface area contributed by atoms with E-state index < -0.39 is 6.04 Å². The third kappa shape index (κ3) is 3.65. The van der Waals surface area contributed by atoms with Gasteiger partial charge in [0.05, 0.1) is 6.07 Å². The molecule has 7 heteroatoms. The lowest BCUT2D eigenvalue weighted by Gasteiger charge is -2.29. The molecule has 0 spiro atoms. The summed E-state index contributed by atoms with van der Waals surface area (Å²) in [5, 5.41) is 15.0. The van der Waals surface area contributed by atoms with E-state index in [1.54, 1.807) is 4.90 Å². The number of hydrogen-bond acceptors (Lipinski definition) is 5. The fraction of sp³-hybridized carbons (Fsp3) is 0.524. The molecule has 28 heavy (non-hydrogen) atoms. The Kier molecular flexibility index (Phi) is 5.14. The minimum Gasteiger partial charge on any atom is -0.322 e. The van der Waals surface area contributed by atoms with Gasteiger partial charge < -0.3 is 10.2 Å². The summed E-state index contributed by atoms with van der Waals surface area (Å²) in [4.78, 5) is 37.8. The summed E-state index contributed by atoms with van der Waals surface area (Å²) < 4.78 is 0. The molecule has 0 bridgehead atoms. The Labute approximate surface area is 164 Å². The summed E-state index contributed by atoms with van der Waals surface area (Å²) in [7, 11) is 0. The van der Waals surface area contributed by atoms with Crippen molar-refractivity contribution in [2.45, 2.75) is 63.7 Å². The maximum atomic E-state index is 12.7. The summed E-state index contributed by atoms with van der Waals surface area (Å²) >= 11 is 0. The van der Waals surface area contributed by atoms with Gasteiger partial charge in [-0.25, -0.2) is 0 Å². The Bertz CT molecular complexity index is 860. The van der Waals surface area contributed by atoms with Crippen molar-refractivity contribution >= 4 is 17.7 Å². The van der Waals surface area contributed by atoms with Crippen LogP contribution < -0.4 is 10.6 Å². The zero-order valence-corrected chi connectivity index (χ0v) is 15.7. The molecule has 1 aromatic carbocycles. The van der Waals surface area contributed by atoms with Crippen LogP contribution in [-0.2, 0) is 22.7 Å². The van der Waals surface area contributed by atoms with Crippen molar-refractivity contribution in [1.29, 1.82) is 5.26 Å². The van der Waals surface area contributed by atoms with Crippen molar-refractivity contribution < 1.29 is 14.4 Å². The summed E-state index contributed by atoms with van der Waals surface area (Å²) in [5.74, 6) is -0.664. The molecule has 2 aliphatic heterocycles. The van der Waals surface area contributed by atoms with E-state index in [1.165, 1.54) is 0 Å². The molecule has 3 aliphatic rings. The number of fused-ring (bicyclic) bond motifs is 1. The number of nitrogens with zero attached hydrogens (tertiary/aromatic N) is 2. The molecule has 3 atom stereocenters. The zero-order chi connectivity index (χ0) is 19.7. The van der Waals surface area contributed by atoms with E-state index in [2.05, 4.69) is 16.7 Å². The molecular formula is C21H24N4O3. The van der Waals surface area contributed by atoms with Crippen molar-refractivity contribution in [2.24, 2.45) is 5.92 Å². The fourth-order valence-electron chi connectivity index (χ4n) is 4.49. The van der Waals surface area contributed by atoms with Crippen molar-refractivity contribution in [3.05, 3.63) is 34.9 Å². The number of piperidine rings is 1. The highest BCUT2D eigenvalue weighted by Crippen LogP contribution is 2.29. The molecule has 0 radical (unpaired) electrons. The van der Waals surface area contributed by atoms with Crippen molar-refractivity contribution in [3.8, 4) is 6.07 Å². The third-order valence-corrected chi connectivity index (χ3v) is 6.04. The smallest absolute Gasteiger partial charge is 0.255 e. The van der Waals surface area contributed by atoms with E-state index in [1.807, 2.05) is 18.2 Å². The van der Waals surface area contributed by atoms with Crippen LogP contribution in [0.25, 0.3) is 0 Å². The van der Waals surface area contributed by atoms with Crippen molar-refractivity contribution in [2.75, 3.05) is 0 Å². The lowest BCUT2D eigenvalue weighted by Crippen LogP contribution is -2.52. The Morgan fingerprint density at radius 1 is 1.21 bits per heavy atom. The first-order chi connectivity index (χ1) is 13.5. The number of nitriles is 1. The van der Waals surface area contributed by atoms with Crippen molar-refractivity contribution in [1.82, 2.24) is 15.5 Å². The standard InChI is InChI=1S/C21H24N4O3/c22-10-13-2-1-3-16(9-13)23-11-14-4-5-17-15(8-14)12-25(21(17)28)18-6-7-19(26)24-20(18)27/h4-5,8,13,16,18,23H,1-3,6-7,9,11-12H2,(H,24,26,27). The molecule has 1 saturated heterocycles. The first-order valence-electron chi connectivity index (χ1n) is 9.94. The molecule has 1 saturated carbocycles. The van der Waals surface area contributed by atoms with E-state index in [4.69, 9.17) is 5.26 Å². The van der Waals surface area contributed by atoms with E-state index >= 15 is 0 Å². The number of imide groups is 1. The van der Waals surface area contributed by atoms with Gasteiger partial charge in [-0.15, -0.1) is 0 Å². The second-order valence-corrected chi connectivity index (χ2v) is 7.96. The molecule has 1 aromatic rings. The molecule has 2 fully saturated rings. The van der Waals surface area contributed by atoms with Gasteiger partial charge >= 0.3 is 0 Å². The van der Waals surface area contributed by atoms with Crippen LogP contribution in [0.3, 0.4) is 0 Å². The van der Waals surface area contributed by atoms with Crippen LogP contribution in [0.15, 0.2) is 18.2 Å². The maximum absolute atomic E-state index is 12.7. The maximum Gasteiger partial charge on any atom is 0.255 e. The summed E-state index contributed by atoms with van der Waals surface area (Å²) in [6.07, 6.45) is 4.69. The van der Waals surface area contributed by atoms with Gasteiger partial charge in [0.2, 0.25) is 11.8 Å². The first kappa shape index (κ1) is 18.6. The summed E-state index contributed by atoms with van der Waals surface area (Å²) in [6, 6.07) is 7.96. The lowest BCUT2D eigenvalue weighted by molar-refractivity contribution is -0.136. The monoisotopic (exact) mass is 380 g/mol. The highest BCUT2D eigenvalue weighted by molar-refractivity contribution is 6.05. The zero-order valence-electron chi connectivity index (χ0n) is 15.7. The number of benzene rings is 1. The van der Waals surface area contributed by atoms with Gasteiger partial charge in [-0.3, -0.25) is 19.7 Å². The molecule has 0 aromatic heterocycles. The SMILES string of the molecule is N#CC1CCCC(NCc2ccc3c(c2)CN(C2CCC(=O)NC2=O)C3=O)C1. The molecule has 1 aliphatic carbocycles. The van der Waals surface area contributed by atoms with Crippen LogP contribution in [-0.4, -0.2) is 34.7 Å². The minimum absolute atomic E-state index is 0.144. The average Bonchev–Trinajstić information content (AvgIpc) is 3.02. The second-order valence-electron chi connectivity index (χ2n) is 7.96. The van der Waals surface area contributed by atoms with Gasteiger partial charge in [0.25, 0.3) is 5.91 Å². The Morgan fingerprint density at radius 2 is 2.07 bits per heavy atom. The molecule has 3 amide bonds. The number of hydrogen-bond donors (Lipinski definition) is 2. The van der Waals surface area contributed by atoms with E-state index in [0.717, 1.165) is 36.8 Å². The van der Waals surface area contributed by atoms with Gasteiger partial charge in [-0.2, -0.15) is 5.26 Å². The predicted molar refractivity (Wildman–Crippen MR) is 101 cm³/mol. The molecule has 7 nitrogen and oxygen atoms in total. The molecule has 2 N–H and O–H groups in total.